The molecular weight excluding hydrogens is 346 g/mol. The highest BCUT2D eigenvalue weighted by atomic mass is 16.5. The summed E-state index contributed by atoms with van der Waals surface area (Å²) in [5.41, 5.74) is 0.383. The third kappa shape index (κ3) is 4.59. The topological polar surface area (TPSA) is 87.7 Å². The van der Waals surface area contributed by atoms with Crippen LogP contribution in [0.3, 0.4) is 0 Å². The van der Waals surface area contributed by atoms with Gasteiger partial charge in [0.25, 0.3) is 5.91 Å². The molecule has 1 aromatic carbocycles. The lowest BCUT2D eigenvalue weighted by molar-refractivity contribution is -0.132. The predicted molar refractivity (Wildman–Crippen MR) is 100 cm³/mol. The predicted octanol–water partition coefficient (Wildman–Crippen LogP) is 2.13. The summed E-state index contributed by atoms with van der Waals surface area (Å²) < 4.78 is 5.58. The minimum Gasteiger partial charge on any atom is -0.492 e. The molecular formula is C20H27N3O4. The number of nitrogens with one attached hydrogen (secondary N) is 2. The number of hydrogen-bond donors (Lipinski definition) is 2. The zero-order valence-electron chi connectivity index (χ0n) is 15.8. The number of carbonyl (C=O) groups excluding carboxylic acids is 3. The lowest BCUT2D eigenvalue weighted by atomic mass is 9.82. The average molecular weight is 373 g/mol. The number of ether oxygens (including phenoxy) is 1. The van der Waals surface area contributed by atoms with Gasteiger partial charge in [-0.05, 0) is 37.5 Å². The van der Waals surface area contributed by atoms with E-state index in [0.29, 0.717) is 26.0 Å². The molecule has 7 heteroatoms. The van der Waals surface area contributed by atoms with Gasteiger partial charge in [-0.2, -0.15) is 0 Å². The quantitative estimate of drug-likeness (QED) is 0.566. The van der Waals surface area contributed by atoms with E-state index in [2.05, 4.69) is 10.6 Å². The van der Waals surface area contributed by atoms with Gasteiger partial charge in [-0.3, -0.25) is 14.5 Å². The van der Waals surface area contributed by atoms with Crippen LogP contribution in [0.5, 0.6) is 5.75 Å². The number of urea groups is 1. The molecule has 0 aromatic heterocycles. The van der Waals surface area contributed by atoms with Crippen LogP contribution in [0.15, 0.2) is 24.3 Å². The lowest BCUT2D eigenvalue weighted by Gasteiger charge is -2.30. The molecule has 7 nitrogen and oxygen atoms in total. The van der Waals surface area contributed by atoms with Crippen LogP contribution in [0.1, 0.15) is 44.1 Å². The first kappa shape index (κ1) is 19.2. The fraction of sp³-hybridized carbons (Fsp3) is 0.550. The van der Waals surface area contributed by atoms with E-state index in [1.54, 1.807) is 0 Å². The maximum Gasteiger partial charge on any atom is 0.325 e. The van der Waals surface area contributed by atoms with Crippen LogP contribution in [-0.2, 0) is 9.59 Å². The Morgan fingerprint density at radius 1 is 1.26 bits per heavy atom. The van der Waals surface area contributed by atoms with Crippen LogP contribution >= 0.6 is 0 Å². The molecule has 1 saturated heterocycles. The van der Waals surface area contributed by atoms with Gasteiger partial charge in [0.05, 0.1) is 6.54 Å². The normalized spacial score (nSPS) is 18.5. The van der Waals surface area contributed by atoms with Gasteiger partial charge < -0.3 is 15.4 Å². The molecule has 2 aliphatic rings. The van der Waals surface area contributed by atoms with Gasteiger partial charge in [0, 0.05) is 13.0 Å². The van der Waals surface area contributed by atoms with Crippen LogP contribution < -0.4 is 15.4 Å². The van der Waals surface area contributed by atoms with Gasteiger partial charge in [-0.25, -0.2) is 4.79 Å². The zero-order chi connectivity index (χ0) is 19.3. The Morgan fingerprint density at radius 2 is 2.04 bits per heavy atom. The van der Waals surface area contributed by atoms with Gasteiger partial charge in [0.1, 0.15) is 17.9 Å². The molecule has 27 heavy (non-hydrogen) atoms. The first-order valence-electron chi connectivity index (χ1n) is 9.60. The third-order valence-electron chi connectivity index (χ3n) is 5.20. The molecule has 0 bridgehead atoms. The first-order valence-corrected chi connectivity index (χ1v) is 9.60. The molecule has 3 rings (SSSR count). The SMILES string of the molecule is Cc1cccc(OCCNC(=O)CCN2C(=O)NC3(CCCCC3)C2=O)c1. The van der Waals surface area contributed by atoms with Crippen molar-refractivity contribution >= 4 is 17.8 Å². The molecule has 2 fully saturated rings. The Kier molecular flexibility index (Phi) is 5.98. The fourth-order valence-electron chi connectivity index (χ4n) is 3.74. The van der Waals surface area contributed by atoms with Crippen molar-refractivity contribution in [1.29, 1.82) is 0 Å². The van der Waals surface area contributed by atoms with Gasteiger partial charge >= 0.3 is 6.03 Å². The number of carbonyl (C=O) groups is 3. The lowest BCUT2D eigenvalue weighted by Crippen LogP contribution is -2.48. The number of benzene rings is 1. The third-order valence-corrected chi connectivity index (χ3v) is 5.20. The van der Waals surface area contributed by atoms with Crippen LogP contribution in [0.4, 0.5) is 4.79 Å². The molecule has 0 atom stereocenters. The number of nitrogens with zero attached hydrogens (tertiary/aromatic N) is 1. The summed E-state index contributed by atoms with van der Waals surface area (Å²) in [5, 5.41) is 5.61. The Hall–Kier alpha value is -2.57. The summed E-state index contributed by atoms with van der Waals surface area (Å²) >= 11 is 0. The second-order valence-corrected chi connectivity index (χ2v) is 7.29. The van der Waals surface area contributed by atoms with Crippen molar-refractivity contribution in [2.24, 2.45) is 0 Å². The van der Waals surface area contributed by atoms with E-state index >= 15 is 0 Å². The summed E-state index contributed by atoms with van der Waals surface area (Å²) in [6, 6.07) is 7.33. The van der Waals surface area contributed by atoms with E-state index in [4.69, 9.17) is 4.74 Å². The van der Waals surface area contributed by atoms with Crippen molar-refractivity contribution < 1.29 is 19.1 Å². The maximum absolute atomic E-state index is 12.6. The van der Waals surface area contributed by atoms with Crippen LogP contribution in [0.2, 0.25) is 0 Å². The smallest absolute Gasteiger partial charge is 0.325 e. The monoisotopic (exact) mass is 373 g/mol. The molecule has 1 heterocycles. The molecule has 1 aliphatic carbocycles. The van der Waals surface area contributed by atoms with Crippen LogP contribution in [-0.4, -0.2) is 48.0 Å². The van der Waals surface area contributed by atoms with Crippen molar-refractivity contribution in [3.05, 3.63) is 29.8 Å². The summed E-state index contributed by atoms with van der Waals surface area (Å²) in [5.74, 6) is 0.386. The van der Waals surface area contributed by atoms with Crippen molar-refractivity contribution in [2.75, 3.05) is 19.7 Å². The molecule has 1 aliphatic heterocycles. The van der Waals surface area contributed by atoms with E-state index in [0.717, 1.165) is 30.6 Å². The fourth-order valence-corrected chi connectivity index (χ4v) is 3.74. The maximum atomic E-state index is 12.6. The molecule has 4 amide bonds. The minimum atomic E-state index is -0.729. The first-order chi connectivity index (χ1) is 13.0. The second-order valence-electron chi connectivity index (χ2n) is 7.29. The minimum absolute atomic E-state index is 0.0969. The summed E-state index contributed by atoms with van der Waals surface area (Å²) in [4.78, 5) is 38.0. The molecule has 0 unspecified atom stereocenters. The van der Waals surface area contributed by atoms with Crippen molar-refractivity contribution in [1.82, 2.24) is 15.5 Å². The van der Waals surface area contributed by atoms with Gasteiger partial charge in [0.15, 0.2) is 0 Å². The van der Waals surface area contributed by atoms with Crippen LogP contribution in [0, 0.1) is 6.92 Å². The van der Waals surface area contributed by atoms with Crippen LogP contribution in [0.25, 0.3) is 0 Å². The van der Waals surface area contributed by atoms with E-state index in [9.17, 15) is 14.4 Å². The molecule has 1 saturated carbocycles. The van der Waals surface area contributed by atoms with Crippen molar-refractivity contribution in [3.8, 4) is 5.75 Å². The van der Waals surface area contributed by atoms with Crippen molar-refractivity contribution in [3.63, 3.8) is 0 Å². The number of rotatable bonds is 7. The zero-order valence-corrected chi connectivity index (χ0v) is 15.8. The van der Waals surface area contributed by atoms with E-state index in [1.165, 1.54) is 4.90 Å². The van der Waals surface area contributed by atoms with Gasteiger partial charge in [0.2, 0.25) is 5.91 Å². The van der Waals surface area contributed by atoms with Crippen molar-refractivity contribution in [2.45, 2.75) is 51.0 Å². The molecule has 146 valence electrons. The Morgan fingerprint density at radius 3 is 2.78 bits per heavy atom. The Balaban J connectivity index is 1.38. The second kappa shape index (κ2) is 8.41. The number of amides is 4. The number of hydrogen-bond acceptors (Lipinski definition) is 4. The number of aryl methyl sites for hydroxylation is 1. The van der Waals surface area contributed by atoms with E-state index < -0.39 is 5.54 Å². The highest BCUT2D eigenvalue weighted by Gasteiger charge is 2.50. The summed E-state index contributed by atoms with van der Waals surface area (Å²) in [6.45, 7) is 2.83. The van der Waals surface area contributed by atoms with E-state index in [1.807, 2.05) is 31.2 Å². The highest BCUT2D eigenvalue weighted by Crippen LogP contribution is 2.33. The average Bonchev–Trinajstić information content (AvgIpc) is 2.87. The van der Waals surface area contributed by atoms with Gasteiger partial charge in [-0.1, -0.05) is 31.4 Å². The van der Waals surface area contributed by atoms with E-state index in [-0.39, 0.29) is 30.8 Å². The molecule has 2 N–H and O–H groups in total. The van der Waals surface area contributed by atoms with Gasteiger partial charge in [-0.15, -0.1) is 0 Å². The highest BCUT2D eigenvalue weighted by molar-refractivity contribution is 6.07. The summed E-state index contributed by atoms with van der Waals surface area (Å²) in [6.07, 6.45) is 4.47. The molecule has 1 aromatic rings. The largest absolute Gasteiger partial charge is 0.492 e. The number of imide groups is 1. The Labute approximate surface area is 159 Å². The Bertz CT molecular complexity index is 713. The molecule has 0 radical (unpaired) electrons. The summed E-state index contributed by atoms with van der Waals surface area (Å²) in [7, 11) is 0. The standard InChI is InChI=1S/C20H27N3O4/c1-15-6-5-7-16(14-15)27-13-11-21-17(24)8-12-23-18(25)20(22-19(23)26)9-3-2-4-10-20/h5-7,14H,2-4,8-13H2,1H3,(H,21,24)(H,22,26). The molecule has 1 spiro atoms.